The molecule has 9 heteroatoms. The summed E-state index contributed by atoms with van der Waals surface area (Å²) in [6.07, 6.45) is -1.25. The lowest BCUT2D eigenvalue weighted by Gasteiger charge is -2.44. The van der Waals surface area contributed by atoms with Crippen molar-refractivity contribution in [3.63, 3.8) is 0 Å². The van der Waals surface area contributed by atoms with Gasteiger partial charge in [0.25, 0.3) is 5.91 Å². The lowest BCUT2D eigenvalue weighted by atomic mass is 9.84. The molecule has 0 unspecified atom stereocenters. The maximum absolute atomic E-state index is 12.6. The number of hydrogen-bond acceptors (Lipinski definition) is 5. The zero-order valence-electron chi connectivity index (χ0n) is 14.3. The van der Waals surface area contributed by atoms with Crippen molar-refractivity contribution in [2.45, 2.75) is 34.3 Å². The summed E-state index contributed by atoms with van der Waals surface area (Å²) in [6, 6.07) is 7.09. The van der Waals surface area contributed by atoms with Gasteiger partial charge in [0, 0.05) is 23.0 Å². The first-order chi connectivity index (χ1) is 12.9. The van der Waals surface area contributed by atoms with Crippen molar-refractivity contribution in [3.8, 4) is 0 Å². The third-order valence-electron chi connectivity index (χ3n) is 5.06. The van der Waals surface area contributed by atoms with Gasteiger partial charge in [-0.3, -0.25) is 4.79 Å². The zero-order valence-corrected chi connectivity index (χ0v) is 16.0. The molecule has 27 heavy (non-hydrogen) atoms. The van der Waals surface area contributed by atoms with Crippen LogP contribution in [-0.4, -0.2) is 41.5 Å². The van der Waals surface area contributed by atoms with E-state index in [0.29, 0.717) is 27.2 Å². The van der Waals surface area contributed by atoms with E-state index in [9.17, 15) is 18.0 Å². The standard InChI is InChI=1S/C18H18F3N3OS2/c19-18(20,21)15-9-22-17(27-15)26-13-3-1-12(2-4-13)16(25)23-14-10-24-7-5-11(14)6-8-24/h1-4,9,11,14H,5-8,10H2,(H,23,25)/t14-/m0/s1. The molecule has 1 aromatic carbocycles. The number of halogens is 3. The number of nitrogens with zero attached hydrogens (tertiary/aromatic N) is 2. The van der Waals surface area contributed by atoms with E-state index in [-0.39, 0.29) is 11.9 Å². The molecule has 2 bridgehead atoms. The van der Waals surface area contributed by atoms with Gasteiger partial charge in [-0.1, -0.05) is 11.8 Å². The molecule has 1 amide bonds. The summed E-state index contributed by atoms with van der Waals surface area (Å²) in [5, 5.41) is 3.13. The Bertz CT molecular complexity index is 814. The van der Waals surface area contributed by atoms with E-state index in [4.69, 9.17) is 0 Å². The highest BCUT2D eigenvalue weighted by Crippen LogP contribution is 2.38. The monoisotopic (exact) mass is 413 g/mol. The number of carbonyl (C=O) groups is 1. The van der Waals surface area contributed by atoms with Crippen molar-refractivity contribution >= 4 is 29.0 Å². The van der Waals surface area contributed by atoms with Crippen LogP contribution in [0, 0.1) is 5.92 Å². The minimum atomic E-state index is -4.37. The van der Waals surface area contributed by atoms with Crippen LogP contribution < -0.4 is 5.32 Å². The maximum Gasteiger partial charge on any atom is 0.427 e. The fourth-order valence-electron chi connectivity index (χ4n) is 3.59. The van der Waals surface area contributed by atoms with Crippen LogP contribution in [0.5, 0.6) is 0 Å². The van der Waals surface area contributed by atoms with Crippen molar-refractivity contribution in [3.05, 3.63) is 40.9 Å². The summed E-state index contributed by atoms with van der Waals surface area (Å²) in [7, 11) is 0. The Kier molecular flexibility index (Phi) is 5.17. The Balaban J connectivity index is 1.37. The first kappa shape index (κ1) is 18.8. The lowest BCUT2D eigenvalue weighted by Crippen LogP contribution is -2.57. The van der Waals surface area contributed by atoms with Gasteiger partial charge in [0.1, 0.15) is 4.88 Å². The van der Waals surface area contributed by atoms with Crippen LogP contribution >= 0.6 is 23.1 Å². The Morgan fingerprint density at radius 2 is 1.93 bits per heavy atom. The number of amides is 1. The first-order valence-electron chi connectivity index (χ1n) is 8.72. The zero-order chi connectivity index (χ0) is 19.0. The summed E-state index contributed by atoms with van der Waals surface area (Å²) < 4.78 is 38.3. The van der Waals surface area contributed by atoms with Gasteiger partial charge in [-0.25, -0.2) is 4.98 Å². The first-order valence-corrected chi connectivity index (χ1v) is 10.4. The van der Waals surface area contributed by atoms with Gasteiger partial charge in [0.05, 0.1) is 6.20 Å². The minimum absolute atomic E-state index is 0.0982. The second-order valence-electron chi connectivity index (χ2n) is 6.83. The van der Waals surface area contributed by atoms with E-state index in [1.54, 1.807) is 24.3 Å². The largest absolute Gasteiger partial charge is 0.427 e. The van der Waals surface area contributed by atoms with Crippen LogP contribution in [0.25, 0.3) is 0 Å². The summed E-state index contributed by atoms with van der Waals surface area (Å²) in [4.78, 5) is 18.7. The molecule has 0 spiro atoms. The highest BCUT2D eigenvalue weighted by Gasteiger charge is 2.35. The molecule has 1 N–H and O–H groups in total. The predicted octanol–water partition coefficient (Wildman–Crippen LogP) is 4.14. The number of carbonyl (C=O) groups excluding carboxylic acids is 1. The van der Waals surface area contributed by atoms with E-state index in [0.717, 1.165) is 55.3 Å². The summed E-state index contributed by atoms with van der Waals surface area (Å²) in [6.45, 7) is 3.15. The van der Waals surface area contributed by atoms with Crippen LogP contribution in [0.15, 0.2) is 39.7 Å². The van der Waals surface area contributed by atoms with E-state index >= 15 is 0 Å². The van der Waals surface area contributed by atoms with Crippen LogP contribution in [0.3, 0.4) is 0 Å². The van der Waals surface area contributed by atoms with Crippen molar-refractivity contribution in [1.82, 2.24) is 15.2 Å². The van der Waals surface area contributed by atoms with Crippen LogP contribution in [-0.2, 0) is 6.18 Å². The predicted molar refractivity (Wildman–Crippen MR) is 98.1 cm³/mol. The number of nitrogens with one attached hydrogen (secondary N) is 1. The van der Waals surface area contributed by atoms with Crippen LogP contribution in [0.2, 0.25) is 0 Å². The molecule has 1 aromatic heterocycles. The molecular formula is C18H18F3N3OS2. The third kappa shape index (κ3) is 4.30. The summed E-state index contributed by atoms with van der Waals surface area (Å²) in [5.74, 6) is 0.459. The van der Waals surface area contributed by atoms with E-state index in [1.165, 1.54) is 0 Å². The van der Waals surface area contributed by atoms with Crippen molar-refractivity contribution in [1.29, 1.82) is 0 Å². The highest BCUT2D eigenvalue weighted by molar-refractivity contribution is 8.01. The Hall–Kier alpha value is -1.58. The average Bonchev–Trinajstić information content (AvgIpc) is 3.12. The summed E-state index contributed by atoms with van der Waals surface area (Å²) in [5.41, 5.74) is 0.561. The maximum atomic E-state index is 12.6. The Labute approximate surface area is 163 Å². The van der Waals surface area contributed by atoms with E-state index in [2.05, 4.69) is 15.2 Å². The van der Waals surface area contributed by atoms with Gasteiger partial charge >= 0.3 is 6.18 Å². The number of alkyl halides is 3. The van der Waals surface area contributed by atoms with Gasteiger partial charge in [0.2, 0.25) is 0 Å². The molecule has 3 fully saturated rings. The van der Waals surface area contributed by atoms with Crippen molar-refractivity contribution < 1.29 is 18.0 Å². The number of fused-ring (bicyclic) bond motifs is 3. The summed E-state index contributed by atoms with van der Waals surface area (Å²) >= 11 is 1.78. The molecule has 144 valence electrons. The molecule has 2 aromatic rings. The molecule has 3 aliphatic heterocycles. The average molecular weight is 413 g/mol. The van der Waals surface area contributed by atoms with Gasteiger partial charge in [0.15, 0.2) is 4.34 Å². The Morgan fingerprint density at radius 3 is 2.48 bits per heavy atom. The van der Waals surface area contributed by atoms with Crippen molar-refractivity contribution in [2.24, 2.45) is 5.92 Å². The number of benzene rings is 1. The quantitative estimate of drug-likeness (QED) is 0.819. The molecular weight excluding hydrogens is 395 g/mol. The van der Waals surface area contributed by atoms with Gasteiger partial charge < -0.3 is 10.2 Å². The van der Waals surface area contributed by atoms with E-state index in [1.807, 2.05) is 0 Å². The normalized spacial score (nSPS) is 24.8. The molecule has 5 rings (SSSR count). The molecule has 4 heterocycles. The topological polar surface area (TPSA) is 45.2 Å². The van der Waals surface area contributed by atoms with E-state index < -0.39 is 11.1 Å². The molecule has 0 aliphatic carbocycles. The van der Waals surface area contributed by atoms with Gasteiger partial charge in [-0.05, 0) is 56.1 Å². The van der Waals surface area contributed by atoms with Crippen LogP contribution in [0.4, 0.5) is 13.2 Å². The smallest absolute Gasteiger partial charge is 0.348 e. The number of hydrogen-bond donors (Lipinski definition) is 1. The second-order valence-corrected chi connectivity index (χ2v) is 9.18. The molecule has 3 aliphatic rings. The minimum Gasteiger partial charge on any atom is -0.348 e. The Morgan fingerprint density at radius 1 is 1.22 bits per heavy atom. The SMILES string of the molecule is O=C(N[C@H]1CN2CCC1CC2)c1ccc(Sc2ncc(C(F)(F)F)s2)cc1. The number of rotatable bonds is 4. The third-order valence-corrected chi connectivity index (χ3v) is 7.18. The van der Waals surface area contributed by atoms with Gasteiger partial charge in [-0.15, -0.1) is 11.3 Å². The molecule has 3 saturated heterocycles. The van der Waals surface area contributed by atoms with Crippen molar-refractivity contribution in [2.75, 3.05) is 19.6 Å². The number of piperidine rings is 3. The fraction of sp³-hybridized carbons (Fsp3) is 0.444. The molecule has 0 radical (unpaired) electrons. The number of aromatic nitrogens is 1. The molecule has 0 saturated carbocycles. The lowest BCUT2D eigenvalue weighted by molar-refractivity contribution is -0.134. The molecule has 1 atom stereocenters. The second kappa shape index (κ2) is 7.44. The highest BCUT2D eigenvalue weighted by atomic mass is 32.2. The van der Waals surface area contributed by atoms with Crippen LogP contribution in [0.1, 0.15) is 28.1 Å². The fourth-order valence-corrected chi connectivity index (χ4v) is 5.41. The molecule has 4 nitrogen and oxygen atoms in total. The number of thiazole rings is 1. The van der Waals surface area contributed by atoms with Gasteiger partial charge in [-0.2, -0.15) is 13.2 Å².